The molecule has 2 aromatic heterocycles. The summed E-state index contributed by atoms with van der Waals surface area (Å²) in [6.45, 7) is 6.03. The summed E-state index contributed by atoms with van der Waals surface area (Å²) in [4.78, 5) is 14.8. The summed E-state index contributed by atoms with van der Waals surface area (Å²) < 4.78 is 2.92. The van der Waals surface area contributed by atoms with Crippen LogP contribution < -0.4 is 5.56 Å². The van der Waals surface area contributed by atoms with Crippen LogP contribution in [0.3, 0.4) is 0 Å². The van der Waals surface area contributed by atoms with Crippen molar-refractivity contribution in [3.63, 3.8) is 0 Å². The SMILES string of the molecule is C=Cc1c(/C=C\C)sc2cc3c(=O)n(-c4ccccc4)c4ccccc4c3cc12. The standard InChI is InChI=1S/C26H19NOS/c1-3-10-24-18(4-2)21-15-20-19-13-8-9-14-23(19)27(17-11-6-5-7-12-17)26(28)22(20)16-25(21)29-24/h3-16H,2H2,1H3/b10-3-. The summed E-state index contributed by atoms with van der Waals surface area (Å²) in [6.07, 6.45) is 6.05. The van der Waals surface area contributed by atoms with Crippen molar-refractivity contribution >= 4 is 55.3 Å². The number of thiophene rings is 1. The molecule has 0 unspecified atom stereocenters. The van der Waals surface area contributed by atoms with Gasteiger partial charge in [-0.05, 0) is 54.3 Å². The summed E-state index contributed by atoms with van der Waals surface area (Å²) in [5.74, 6) is 0. The molecule has 0 saturated carbocycles. The minimum absolute atomic E-state index is 0.00735. The zero-order chi connectivity index (χ0) is 20.0. The third kappa shape index (κ3) is 2.66. The average Bonchev–Trinajstić information content (AvgIpc) is 3.10. The average molecular weight is 394 g/mol. The lowest BCUT2D eigenvalue weighted by Gasteiger charge is -2.13. The molecule has 3 aromatic carbocycles. The summed E-state index contributed by atoms with van der Waals surface area (Å²) in [5.41, 5.74) is 2.93. The van der Waals surface area contributed by atoms with Crippen LogP contribution in [-0.2, 0) is 0 Å². The van der Waals surface area contributed by atoms with Crippen molar-refractivity contribution in [1.29, 1.82) is 0 Å². The highest BCUT2D eigenvalue weighted by atomic mass is 32.1. The predicted octanol–water partition coefficient (Wildman–Crippen LogP) is 7.03. The van der Waals surface area contributed by atoms with E-state index in [9.17, 15) is 4.79 Å². The molecule has 0 bridgehead atoms. The first-order valence-corrected chi connectivity index (χ1v) is 10.4. The molecule has 2 nitrogen and oxygen atoms in total. The number of rotatable bonds is 3. The Morgan fingerprint density at radius 3 is 2.41 bits per heavy atom. The molecule has 0 N–H and O–H groups in total. The van der Waals surface area contributed by atoms with E-state index in [-0.39, 0.29) is 5.56 Å². The van der Waals surface area contributed by atoms with Gasteiger partial charge >= 0.3 is 0 Å². The van der Waals surface area contributed by atoms with Gasteiger partial charge < -0.3 is 0 Å². The number of para-hydroxylation sites is 2. The van der Waals surface area contributed by atoms with E-state index in [1.54, 1.807) is 11.3 Å². The number of aromatic nitrogens is 1. The molecule has 5 aromatic rings. The second-order valence-electron chi connectivity index (χ2n) is 6.97. The Bertz CT molecular complexity index is 1490. The minimum Gasteiger partial charge on any atom is -0.276 e. The Morgan fingerprint density at radius 2 is 1.66 bits per heavy atom. The predicted molar refractivity (Wildman–Crippen MR) is 127 cm³/mol. The first-order valence-electron chi connectivity index (χ1n) is 9.57. The second kappa shape index (κ2) is 6.87. The molecule has 29 heavy (non-hydrogen) atoms. The molecule has 0 radical (unpaired) electrons. The van der Waals surface area contributed by atoms with Gasteiger partial charge in [0.1, 0.15) is 0 Å². The van der Waals surface area contributed by atoms with Crippen LogP contribution in [0.25, 0.3) is 49.6 Å². The zero-order valence-electron chi connectivity index (χ0n) is 16.1. The lowest BCUT2D eigenvalue weighted by molar-refractivity contribution is 1.06. The number of allylic oxidation sites excluding steroid dienone is 1. The fourth-order valence-electron chi connectivity index (χ4n) is 4.03. The van der Waals surface area contributed by atoms with E-state index in [0.29, 0.717) is 0 Å². The smallest absolute Gasteiger partial charge is 0.263 e. The van der Waals surface area contributed by atoms with E-state index in [4.69, 9.17) is 0 Å². The van der Waals surface area contributed by atoms with E-state index >= 15 is 0 Å². The molecule has 0 saturated heterocycles. The number of benzene rings is 3. The first-order chi connectivity index (χ1) is 14.2. The van der Waals surface area contributed by atoms with Crippen LogP contribution in [0.5, 0.6) is 0 Å². The van der Waals surface area contributed by atoms with Gasteiger partial charge in [-0.15, -0.1) is 11.3 Å². The van der Waals surface area contributed by atoms with Gasteiger partial charge in [-0.25, -0.2) is 0 Å². The zero-order valence-corrected chi connectivity index (χ0v) is 16.9. The molecule has 140 valence electrons. The largest absolute Gasteiger partial charge is 0.276 e. The number of hydrogen-bond acceptors (Lipinski definition) is 2. The molecular formula is C26H19NOS. The minimum atomic E-state index is 0.00735. The lowest BCUT2D eigenvalue weighted by Crippen LogP contribution is -2.19. The molecule has 0 aliphatic heterocycles. The fourth-order valence-corrected chi connectivity index (χ4v) is 5.23. The van der Waals surface area contributed by atoms with Crippen molar-refractivity contribution in [1.82, 2.24) is 4.57 Å². The molecule has 3 heteroatoms. The molecule has 0 aliphatic carbocycles. The highest BCUT2D eigenvalue weighted by molar-refractivity contribution is 7.20. The fraction of sp³-hybridized carbons (Fsp3) is 0.0385. The first kappa shape index (κ1) is 17.7. The van der Waals surface area contributed by atoms with Crippen LogP contribution in [0.15, 0.2) is 84.2 Å². The number of hydrogen-bond donors (Lipinski definition) is 0. The Kier molecular flexibility index (Phi) is 4.18. The number of nitrogens with zero attached hydrogens (tertiary/aromatic N) is 1. The maximum Gasteiger partial charge on any atom is 0.263 e. The third-order valence-corrected chi connectivity index (χ3v) is 6.43. The van der Waals surface area contributed by atoms with Gasteiger partial charge in [0.05, 0.1) is 5.52 Å². The van der Waals surface area contributed by atoms with Gasteiger partial charge in [-0.2, -0.15) is 0 Å². The second-order valence-corrected chi connectivity index (χ2v) is 8.06. The molecule has 2 heterocycles. The molecule has 5 rings (SSSR count). The lowest BCUT2D eigenvalue weighted by atomic mass is 10.0. The molecule has 0 fully saturated rings. The molecule has 0 atom stereocenters. The van der Waals surface area contributed by atoms with Crippen molar-refractivity contribution in [2.75, 3.05) is 0 Å². The Morgan fingerprint density at radius 1 is 0.897 bits per heavy atom. The summed E-state index contributed by atoms with van der Waals surface area (Å²) in [5, 5.41) is 3.94. The van der Waals surface area contributed by atoms with Crippen molar-refractivity contribution < 1.29 is 0 Å². The molecule has 0 amide bonds. The third-order valence-electron chi connectivity index (χ3n) is 5.30. The Labute approximate surface area is 172 Å². The van der Waals surface area contributed by atoms with Crippen LogP contribution in [0.4, 0.5) is 0 Å². The van der Waals surface area contributed by atoms with Gasteiger partial charge in [-0.1, -0.05) is 55.1 Å². The van der Waals surface area contributed by atoms with Crippen LogP contribution >= 0.6 is 11.3 Å². The highest BCUT2D eigenvalue weighted by Gasteiger charge is 2.15. The summed E-state index contributed by atoms with van der Waals surface area (Å²) in [6, 6.07) is 22.2. The summed E-state index contributed by atoms with van der Waals surface area (Å²) >= 11 is 1.70. The monoisotopic (exact) mass is 393 g/mol. The van der Waals surface area contributed by atoms with Crippen LogP contribution in [0, 0.1) is 0 Å². The van der Waals surface area contributed by atoms with Crippen molar-refractivity contribution in [2.24, 2.45) is 0 Å². The van der Waals surface area contributed by atoms with Crippen molar-refractivity contribution in [2.45, 2.75) is 6.92 Å². The van der Waals surface area contributed by atoms with Gasteiger partial charge in [-0.3, -0.25) is 9.36 Å². The maximum absolute atomic E-state index is 13.6. The van der Waals surface area contributed by atoms with Gasteiger partial charge in [0, 0.05) is 31.4 Å². The number of fused-ring (bicyclic) bond motifs is 4. The van der Waals surface area contributed by atoms with Gasteiger partial charge in [0.2, 0.25) is 0 Å². The quantitative estimate of drug-likeness (QED) is 0.301. The number of pyridine rings is 1. The van der Waals surface area contributed by atoms with E-state index in [0.717, 1.165) is 43.0 Å². The van der Waals surface area contributed by atoms with Crippen LogP contribution in [0.1, 0.15) is 17.4 Å². The Hall–Kier alpha value is -3.43. The van der Waals surface area contributed by atoms with E-state index in [1.165, 1.54) is 4.88 Å². The van der Waals surface area contributed by atoms with E-state index < -0.39 is 0 Å². The van der Waals surface area contributed by atoms with Gasteiger partial charge in [0.25, 0.3) is 5.56 Å². The van der Waals surface area contributed by atoms with Gasteiger partial charge in [0.15, 0.2) is 0 Å². The van der Waals surface area contributed by atoms with Crippen LogP contribution in [-0.4, -0.2) is 4.57 Å². The van der Waals surface area contributed by atoms with E-state index in [2.05, 4.69) is 24.8 Å². The normalized spacial score (nSPS) is 11.8. The molecule has 0 spiro atoms. The highest BCUT2D eigenvalue weighted by Crippen LogP contribution is 2.37. The molecular weight excluding hydrogens is 374 g/mol. The summed E-state index contributed by atoms with van der Waals surface area (Å²) in [7, 11) is 0. The van der Waals surface area contributed by atoms with E-state index in [1.807, 2.05) is 78.2 Å². The van der Waals surface area contributed by atoms with Crippen LogP contribution in [0.2, 0.25) is 0 Å². The molecule has 0 aliphatic rings. The Balaban J connectivity index is 2.00. The van der Waals surface area contributed by atoms with Crippen molar-refractivity contribution in [3.05, 3.63) is 100 Å². The topological polar surface area (TPSA) is 22.0 Å². The van der Waals surface area contributed by atoms with Crippen molar-refractivity contribution in [3.8, 4) is 5.69 Å². The maximum atomic E-state index is 13.6.